The van der Waals surface area contributed by atoms with Crippen molar-refractivity contribution in [2.24, 2.45) is 5.92 Å². The quantitative estimate of drug-likeness (QED) is 0.836. The van der Waals surface area contributed by atoms with Crippen LogP contribution >= 0.6 is 0 Å². The molecule has 1 aromatic heterocycles. The highest BCUT2D eigenvalue weighted by Gasteiger charge is 2.07. The number of pyridine rings is 1. The van der Waals surface area contributed by atoms with Gasteiger partial charge in [0.15, 0.2) is 0 Å². The van der Waals surface area contributed by atoms with Gasteiger partial charge in [0.1, 0.15) is 5.82 Å². The van der Waals surface area contributed by atoms with Crippen LogP contribution in [-0.4, -0.2) is 43.1 Å². The zero-order valence-corrected chi connectivity index (χ0v) is 11.5. The first-order chi connectivity index (χ1) is 8.47. The predicted octanol–water partition coefficient (Wildman–Crippen LogP) is 1.71. The Morgan fingerprint density at radius 1 is 1.44 bits per heavy atom. The molecule has 0 aliphatic rings. The summed E-state index contributed by atoms with van der Waals surface area (Å²) in [5, 5.41) is 5.56. The molecule has 0 aromatic carbocycles. The standard InChI is InChI=1S/C13H22N4O/c1-10(9-17(3)4)8-14-13(18)16-12-7-5-6-11(2)15-12/h5-7,10H,8-9H2,1-4H3,(H2,14,15,16,18). The molecule has 100 valence electrons. The molecule has 1 atom stereocenters. The molecule has 1 aromatic rings. The molecule has 1 rings (SSSR count). The Labute approximate surface area is 109 Å². The van der Waals surface area contributed by atoms with Crippen molar-refractivity contribution in [3.05, 3.63) is 23.9 Å². The number of anilines is 1. The van der Waals surface area contributed by atoms with Crippen LogP contribution in [0.5, 0.6) is 0 Å². The van der Waals surface area contributed by atoms with Gasteiger partial charge in [-0.15, -0.1) is 0 Å². The van der Waals surface area contributed by atoms with Crippen LogP contribution < -0.4 is 10.6 Å². The third kappa shape index (κ3) is 5.63. The third-order valence-electron chi connectivity index (χ3n) is 2.42. The molecule has 0 spiro atoms. The molecule has 0 fully saturated rings. The van der Waals surface area contributed by atoms with Crippen molar-refractivity contribution in [1.82, 2.24) is 15.2 Å². The molecule has 18 heavy (non-hydrogen) atoms. The molecule has 1 heterocycles. The predicted molar refractivity (Wildman–Crippen MR) is 73.7 cm³/mol. The van der Waals surface area contributed by atoms with Crippen LogP contribution in [0.3, 0.4) is 0 Å². The van der Waals surface area contributed by atoms with E-state index in [-0.39, 0.29) is 6.03 Å². The number of nitrogens with zero attached hydrogens (tertiary/aromatic N) is 2. The second kappa shape index (κ2) is 6.96. The number of carbonyl (C=O) groups is 1. The van der Waals surface area contributed by atoms with Gasteiger partial charge in [0.2, 0.25) is 0 Å². The molecule has 1 unspecified atom stereocenters. The fraction of sp³-hybridized carbons (Fsp3) is 0.538. The molecule has 5 heteroatoms. The minimum Gasteiger partial charge on any atom is -0.338 e. The second-order valence-corrected chi connectivity index (χ2v) is 4.87. The lowest BCUT2D eigenvalue weighted by molar-refractivity contribution is 0.248. The van der Waals surface area contributed by atoms with Gasteiger partial charge in [-0.1, -0.05) is 13.0 Å². The molecular weight excluding hydrogens is 228 g/mol. The summed E-state index contributed by atoms with van der Waals surface area (Å²) in [5.41, 5.74) is 0.883. The third-order valence-corrected chi connectivity index (χ3v) is 2.42. The maximum Gasteiger partial charge on any atom is 0.320 e. The van der Waals surface area contributed by atoms with Crippen LogP contribution in [0.15, 0.2) is 18.2 Å². The van der Waals surface area contributed by atoms with Gasteiger partial charge >= 0.3 is 6.03 Å². The number of nitrogens with one attached hydrogen (secondary N) is 2. The minimum atomic E-state index is -0.210. The highest BCUT2D eigenvalue weighted by Crippen LogP contribution is 2.03. The van der Waals surface area contributed by atoms with E-state index in [1.54, 1.807) is 6.07 Å². The number of aryl methyl sites for hydroxylation is 1. The van der Waals surface area contributed by atoms with Gasteiger partial charge in [0.05, 0.1) is 0 Å². The summed E-state index contributed by atoms with van der Waals surface area (Å²) in [6, 6.07) is 5.32. The first-order valence-corrected chi connectivity index (χ1v) is 6.10. The van der Waals surface area contributed by atoms with Crippen molar-refractivity contribution in [3.8, 4) is 0 Å². The Morgan fingerprint density at radius 3 is 2.78 bits per heavy atom. The monoisotopic (exact) mass is 250 g/mol. The van der Waals surface area contributed by atoms with Gasteiger partial charge < -0.3 is 10.2 Å². The summed E-state index contributed by atoms with van der Waals surface area (Å²) in [6.45, 7) is 5.59. The van der Waals surface area contributed by atoms with Gasteiger partial charge in [-0.3, -0.25) is 5.32 Å². The fourth-order valence-electron chi connectivity index (χ4n) is 1.73. The molecule has 0 radical (unpaired) electrons. The van der Waals surface area contributed by atoms with Crippen LogP contribution in [0.4, 0.5) is 10.6 Å². The average molecular weight is 250 g/mol. The number of aromatic nitrogens is 1. The van der Waals surface area contributed by atoms with E-state index in [1.807, 2.05) is 33.2 Å². The highest BCUT2D eigenvalue weighted by molar-refractivity contribution is 5.88. The van der Waals surface area contributed by atoms with Crippen LogP contribution in [0.25, 0.3) is 0 Å². The lowest BCUT2D eigenvalue weighted by Crippen LogP contribution is -2.35. The number of urea groups is 1. The second-order valence-electron chi connectivity index (χ2n) is 4.87. The molecular formula is C13H22N4O. The van der Waals surface area contributed by atoms with Gasteiger partial charge in [0.25, 0.3) is 0 Å². The number of amides is 2. The molecule has 0 saturated carbocycles. The summed E-state index contributed by atoms with van der Waals surface area (Å²) in [6.07, 6.45) is 0. The Balaban J connectivity index is 2.34. The molecule has 2 N–H and O–H groups in total. The van der Waals surface area contributed by atoms with E-state index in [1.165, 1.54) is 0 Å². The van der Waals surface area contributed by atoms with E-state index >= 15 is 0 Å². The van der Waals surface area contributed by atoms with Crippen LogP contribution in [0, 0.1) is 12.8 Å². The first kappa shape index (κ1) is 14.4. The van der Waals surface area contributed by atoms with Crippen molar-refractivity contribution in [2.45, 2.75) is 13.8 Å². The van der Waals surface area contributed by atoms with Crippen LogP contribution in [0.1, 0.15) is 12.6 Å². The Kier molecular flexibility index (Phi) is 5.58. The Morgan fingerprint density at radius 2 is 2.17 bits per heavy atom. The topological polar surface area (TPSA) is 57.3 Å². The van der Waals surface area contributed by atoms with E-state index in [0.717, 1.165) is 12.2 Å². The van der Waals surface area contributed by atoms with E-state index in [9.17, 15) is 4.79 Å². The molecule has 0 saturated heterocycles. The maximum absolute atomic E-state index is 11.6. The molecule has 0 aliphatic carbocycles. The number of hydrogen-bond donors (Lipinski definition) is 2. The minimum absolute atomic E-state index is 0.210. The summed E-state index contributed by atoms with van der Waals surface area (Å²) >= 11 is 0. The lowest BCUT2D eigenvalue weighted by atomic mass is 10.2. The number of hydrogen-bond acceptors (Lipinski definition) is 3. The van der Waals surface area contributed by atoms with Crippen molar-refractivity contribution in [3.63, 3.8) is 0 Å². The van der Waals surface area contributed by atoms with Gasteiger partial charge in [-0.25, -0.2) is 9.78 Å². The van der Waals surface area contributed by atoms with E-state index in [2.05, 4.69) is 27.4 Å². The van der Waals surface area contributed by atoms with Gasteiger partial charge in [0, 0.05) is 18.8 Å². The first-order valence-electron chi connectivity index (χ1n) is 6.10. The largest absolute Gasteiger partial charge is 0.338 e. The fourth-order valence-corrected chi connectivity index (χ4v) is 1.73. The van der Waals surface area contributed by atoms with E-state index in [0.29, 0.717) is 18.3 Å². The van der Waals surface area contributed by atoms with Crippen molar-refractivity contribution in [1.29, 1.82) is 0 Å². The normalized spacial score (nSPS) is 12.3. The van der Waals surface area contributed by atoms with E-state index < -0.39 is 0 Å². The summed E-state index contributed by atoms with van der Waals surface area (Å²) < 4.78 is 0. The average Bonchev–Trinajstić information content (AvgIpc) is 2.25. The zero-order valence-electron chi connectivity index (χ0n) is 11.5. The van der Waals surface area contributed by atoms with Crippen LogP contribution in [0.2, 0.25) is 0 Å². The van der Waals surface area contributed by atoms with Crippen molar-refractivity contribution in [2.75, 3.05) is 32.5 Å². The SMILES string of the molecule is Cc1cccc(NC(=O)NCC(C)CN(C)C)n1. The van der Waals surface area contributed by atoms with E-state index in [4.69, 9.17) is 0 Å². The van der Waals surface area contributed by atoms with Crippen LogP contribution in [-0.2, 0) is 0 Å². The highest BCUT2D eigenvalue weighted by atomic mass is 16.2. The molecule has 0 bridgehead atoms. The maximum atomic E-state index is 11.6. The lowest BCUT2D eigenvalue weighted by Gasteiger charge is -2.17. The molecule has 2 amide bonds. The summed E-state index contributed by atoms with van der Waals surface area (Å²) in [7, 11) is 4.04. The van der Waals surface area contributed by atoms with Crippen molar-refractivity contribution < 1.29 is 4.79 Å². The molecule has 5 nitrogen and oxygen atoms in total. The summed E-state index contributed by atoms with van der Waals surface area (Å²) in [5.74, 6) is 0.990. The zero-order chi connectivity index (χ0) is 13.5. The Bertz CT molecular complexity index is 392. The Hall–Kier alpha value is -1.62. The van der Waals surface area contributed by atoms with Gasteiger partial charge in [-0.2, -0.15) is 0 Å². The smallest absolute Gasteiger partial charge is 0.320 e. The number of rotatable bonds is 5. The van der Waals surface area contributed by atoms with Crippen molar-refractivity contribution >= 4 is 11.8 Å². The summed E-state index contributed by atoms with van der Waals surface area (Å²) in [4.78, 5) is 18.0. The molecule has 0 aliphatic heterocycles. The van der Waals surface area contributed by atoms with Gasteiger partial charge in [-0.05, 0) is 39.1 Å². The number of carbonyl (C=O) groups excluding carboxylic acids is 1.